The van der Waals surface area contributed by atoms with E-state index in [-0.39, 0.29) is 12.1 Å². The highest BCUT2D eigenvalue weighted by molar-refractivity contribution is 6.30. The van der Waals surface area contributed by atoms with E-state index in [9.17, 15) is 5.11 Å². The number of hydrogen-bond donors (Lipinski definition) is 2. The van der Waals surface area contributed by atoms with Crippen molar-refractivity contribution in [2.75, 3.05) is 0 Å². The van der Waals surface area contributed by atoms with Gasteiger partial charge in [0.25, 0.3) is 0 Å². The van der Waals surface area contributed by atoms with Crippen molar-refractivity contribution >= 4 is 11.6 Å². The van der Waals surface area contributed by atoms with Crippen LogP contribution >= 0.6 is 11.6 Å². The van der Waals surface area contributed by atoms with Gasteiger partial charge in [0.15, 0.2) is 0 Å². The molecule has 4 heteroatoms. The van der Waals surface area contributed by atoms with Crippen LogP contribution in [0, 0.1) is 0 Å². The predicted molar refractivity (Wildman–Crippen MR) is 89.5 cm³/mol. The van der Waals surface area contributed by atoms with Crippen LogP contribution in [0.15, 0.2) is 24.3 Å². The van der Waals surface area contributed by atoms with Crippen LogP contribution in [0.2, 0.25) is 5.02 Å². The summed E-state index contributed by atoms with van der Waals surface area (Å²) in [6.45, 7) is 0. The van der Waals surface area contributed by atoms with Crippen LogP contribution in [0.25, 0.3) is 0 Å². The second kappa shape index (κ2) is 7.67. The van der Waals surface area contributed by atoms with E-state index in [1.165, 1.54) is 32.1 Å². The molecule has 2 N–H and O–H groups in total. The molecule has 0 aromatic heterocycles. The molecule has 0 spiro atoms. The molecule has 0 aliphatic heterocycles. The molecule has 0 amide bonds. The van der Waals surface area contributed by atoms with Crippen molar-refractivity contribution in [1.29, 1.82) is 0 Å². The molecule has 0 saturated heterocycles. The van der Waals surface area contributed by atoms with Gasteiger partial charge in [0.2, 0.25) is 0 Å². The molecule has 2 aliphatic carbocycles. The quantitative estimate of drug-likeness (QED) is 0.882. The Morgan fingerprint density at radius 1 is 0.955 bits per heavy atom. The molecule has 0 radical (unpaired) electrons. The second-order valence-corrected chi connectivity index (χ2v) is 7.08. The van der Waals surface area contributed by atoms with Crippen LogP contribution in [0.4, 0.5) is 0 Å². The Hall–Kier alpha value is -0.770. The Bertz CT molecular complexity index is 459. The molecule has 3 rings (SSSR count). The third kappa shape index (κ3) is 4.15. The molecule has 1 aromatic rings. The molecule has 1 aromatic carbocycles. The molecule has 122 valence electrons. The number of rotatable bonds is 4. The van der Waals surface area contributed by atoms with Crippen LogP contribution in [0.5, 0.6) is 5.75 Å². The van der Waals surface area contributed by atoms with E-state index in [1.54, 1.807) is 0 Å². The topological polar surface area (TPSA) is 41.5 Å². The standard InChI is InChI=1S/C18H26ClNO2/c19-13-9-11-15(12-10-13)22-17-8-4-7-16(18(17)21)20-14-5-2-1-3-6-14/h9-12,14,16-18,20-21H,1-8H2/t16-,17+,18+/m0/s1. The van der Waals surface area contributed by atoms with Crippen molar-refractivity contribution in [2.24, 2.45) is 0 Å². The minimum absolute atomic E-state index is 0.129. The number of hydrogen-bond acceptors (Lipinski definition) is 3. The maximum absolute atomic E-state index is 10.7. The summed E-state index contributed by atoms with van der Waals surface area (Å²) in [7, 11) is 0. The summed E-state index contributed by atoms with van der Waals surface area (Å²) in [6.07, 6.45) is 8.94. The van der Waals surface area contributed by atoms with E-state index in [2.05, 4.69) is 5.32 Å². The number of aliphatic hydroxyl groups excluding tert-OH is 1. The molecule has 2 fully saturated rings. The molecule has 2 aliphatic rings. The lowest BCUT2D eigenvalue weighted by molar-refractivity contribution is -0.0191. The zero-order valence-corrected chi connectivity index (χ0v) is 13.8. The van der Waals surface area contributed by atoms with Gasteiger partial charge in [-0.3, -0.25) is 0 Å². The zero-order valence-electron chi connectivity index (χ0n) is 13.0. The largest absolute Gasteiger partial charge is 0.488 e. The molecule has 0 heterocycles. The van der Waals surface area contributed by atoms with Crippen LogP contribution in [-0.2, 0) is 0 Å². The van der Waals surface area contributed by atoms with Gasteiger partial charge in [-0.2, -0.15) is 0 Å². The van der Waals surface area contributed by atoms with Crippen LogP contribution in [0.3, 0.4) is 0 Å². The first-order chi connectivity index (χ1) is 10.7. The van der Waals surface area contributed by atoms with Crippen molar-refractivity contribution in [3.05, 3.63) is 29.3 Å². The summed E-state index contributed by atoms with van der Waals surface area (Å²) in [4.78, 5) is 0. The third-order valence-corrected chi connectivity index (χ3v) is 5.20. The van der Waals surface area contributed by atoms with E-state index in [0.717, 1.165) is 25.0 Å². The Kier molecular flexibility index (Phi) is 5.61. The summed E-state index contributed by atoms with van der Waals surface area (Å²) in [5.74, 6) is 0.784. The fourth-order valence-corrected chi connectivity index (χ4v) is 3.84. The number of nitrogens with one attached hydrogen (secondary N) is 1. The summed E-state index contributed by atoms with van der Waals surface area (Å²) < 4.78 is 5.99. The van der Waals surface area contributed by atoms with Crippen LogP contribution < -0.4 is 10.1 Å². The Balaban J connectivity index is 1.57. The van der Waals surface area contributed by atoms with E-state index in [1.807, 2.05) is 24.3 Å². The summed E-state index contributed by atoms with van der Waals surface area (Å²) >= 11 is 5.90. The highest BCUT2D eigenvalue weighted by Crippen LogP contribution is 2.27. The van der Waals surface area contributed by atoms with Crippen molar-refractivity contribution in [2.45, 2.75) is 75.7 Å². The van der Waals surface area contributed by atoms with Gasteiger partial charge in [0.05, 0.1) is 0 Å². The maximum atomic E-state index is 10.7. The van der Waals surface area contributed by atoms with Gasteiger partial charge in [-0.05, 0) is 56.4 Å². The lowest BCUT2D eigenvalue weighted by atomic mass is 9.87. The lowest BCUT2D eigenvalue weighted by Gasteiger charge is -2.38. The Morgan fingerprint density at radius 2 is 1.68 bits per heavy atom. The molecule has 3 atom stereocenters. The van der Waals surface area contributed by atoms with Crippen molar-refractivity contribution in [1.82, 2.24) is 5.32 Å². The van der Waals surface area contributed by atoms with Crippen molar-refractivity contribution < 1.29 is 9.84 Å². The monoisotopic (exact) mass is 323 g/mol. The number of ether oxygens (including phenoxy) is 1. The first-order valence-electron chi connectivity index (χ1n) is 8.59. The van der Waals surface area contributed by atoms with Crippen LogP contribution in [0.1, 0.15) is 51.4 Å². The van der Waals surface area contributed by atoms with Gasteiger partial charge in [0.1, 0.15) is 18.0 Å². The summed E-state index contributed by atoms with van der Waals surface area (Å²) in [5, 5.41) is 15.0. The fraction of sp³-hybridized carbons (Fsp3) is 0.667. The molecule has 0 bridgehead atoms. The molecular weight excluding hydrogens is 298 g/mol. The molecule has 3 nitrogen and oxygen atoms in total. The maximum Gasteiger partial charge on any atom is 0.126 e. The molecular formula is C18H26ClNO2. The minimum atomic E-state index is -0.439. The molecule has 22 heavy (non-hydrogen) atoms. The van der Waals surface area contributed by atoms with Gasteiger partial charge < -0.3 is 15.2 Å². The fourth-order valence-electron chi connectivity index (χ4n) is 3.71. The Labute approximate surface area is 138 Å². The Morgan fingerprint density at radius 3 is 2.41 bits per heavy atom. The lowest BCUT2D eigenvalue weighted by Crippen LogP contribution is -2.54. The number of aliphatic hydroxyl groups is 1. The van der Waals surface area contributed by atoms with E-state index in [0.29, 0.717) is 11.1 Å². The minimum Gasteiger partial charge on any atom is -0.488 e. The van der Waals surface area contributed by atoms with Gasteiger partial charge in [0, 0.05) is 17.1 Å². The summed E-state index contributed by atoms with van der Waals surface area (Å²) in [6, 6.07) is 8.12. The first-order valence-corrected chi connectivity index (χ1v) is 8.96. The highest BCUT2D eigenvalue weighted by atomic mass is 35.5. The average molecular weight is 324 g/mol. The van der Waals surface area contributed by atoms with Gasteiger partial charge in [-0.1, -0.05) is 30.9 Å². The van der Waals surface area contributed by atoms with Crippen LogP contribution in [-0.4, -0.2) is 29.4 Å². The predicted octanol–water partition coefficient (Wildman–Crippen LogP) is 3.92. The summed E-state index contributed by atoms with van der Waals surface area (Å²) in [5.41, 5.74) is 0. The van der Waals surface area contributed by atoms with Gasteiger partial charge in [-0.15, -0.1) is 0 Å². The van der Waals surface area contributed by atoms with Crippen molar-refractivity contribution in [3.8, 4) is 5.75 Å². The second-order valence-electron chi connectivity index (χ2n) is 6.64. The average Bonchev–Trinajstić information content (AvgIpc) is 2.54. The normalized spacial score (nSPS) is 30.2. The SMILES string of the molecule is O[C@@H]1[C@@H](NC2CCCCC2)CCC[C@H]1Oc1ccc(Cl)cc1. The van der Waals surface area contributed by atoms with E-state index < -0.39 is 6.10 Å². The third-order valence-electron chi connectivity index (χ3n) is 4.95. The van der Waals surface area contributed by atoms with E-state index in [4.69, 9.17) is 16.3 Å². The molecule has 0 unspecified atom stereocenters. The molecule has 2 saturated carbocycles. The van der Waals surface area contributed by atoms with Gasteiger partial charge >= 0.3 is 0 Å². The van der Waals surface area contributed by atoms with Crippen molar-refractivity contribution in [3.63, 3.8) is 0 Å². The number of benzene rings is 1. The zero-order chi connectivity index (χ0) is 15.4. The first kappa shape index (κ1) is 16.1. The number of halogens is 1. The van der Waals surface area contributed by atoms with E-state index >= 15 is 0 Å². The van der Waals surface area contributed by atoms with Gasteiger partial charge in [-0.25, -0.2) is 0 Å². The highest BCUT2D eigenvalue weighted by Gasteiger charge is 2.34. The smallest absolute Gasteiger partial charge is 0.126 e.